The first-order chi connectivity index (χ1) is 6.73. The average molecular weight is 261 g/mol. The summed E-state index contributed by atoms with van der Waals surface area (Å²) in [5.74, 6) is -2.03. The van der Waals surface area contributed by atoms with Crippen molar-refractivity contribution in [3.63, 3.8) is 0 Å². The van der Waals surface area contributed by atoms with E-state index in [9.17, 15) is 21.6 Å². The van der Waals surface area contributed by atoms with E-state index in [1.165, 1.54) is 0 Å². The van der Waals surface area contributed by atoms with Gasteiger partial charge in [-0.3, -0.25) is 0 Å². The molecule has 0 saturated heterocycles. The van der Waals surface area contributed by atoms with Crippen molar-refractivity contribution < 1.29 is 21.6 Å². The summed E-state index contributed by atoms with van der Waals surface area (Å²) in [5.41, 5.74) is 3.75. The molecule has 0 aliphatic carbocycles. The quantitative estimate of drug-likeness (QED) is 0.821. The third-order valence-corrected chi connectivity index (χ3v) is 2.82. The second-order valence-corrected chi connectivity index (χ2v) is 5.01. The van der Waals surface area contributed by atoms with Gasteiger partial charge in [0.2, 0.25) is 0 Å². The van der Waals surface area contributed by atoms with E-state index in [2.05, 4.69) is 4.98 Å². The number of rotatable bonds is 2. The first-order valence-corrected chi connectivity index (χ1v) is 5.73. The van der Waals surface area contributed by atoms with Crippen LogP contribution in [-0.4, -0.2) is 13.4 Å². The Morgan fingerprint density at radius 3 is 2.40 bits per heavy atom. The molecule has 0 aliphatic heterocycles. The van der Waals surface area contributed by atoms with Gasteiger partial charge in [0.25, 0.3) is 15.5 Å². The monoisotopic (exact) mass is 260 g/mol. The van der Waals surface area contributed by atoms with Crippen LogP contribution < -0.4 is 5.73 Å². The highest BCUT2D eigenvalue weighted by atomic mass is 35.7. The number of hydrogen-bond donors (Lipinski definition) is 1. The first-order valence-electron chi connectivity index (χ1n) is 3.42. The number of halogens is 4. The number of nitrogen functional groups attached to an aromatic ring is 1. The SMILES string of the molecule is Nc1nc(C(F)F)c(S(=O)(=O)Cl)cc1F. The zero-order valence-electron chi connectivity index (χ0n) is 6.92. The van der Waals surface area contributed by atoms with Crippen LogP contribution in [0.15, 0.2) is 11.0 Å². The van der Waals surface area contributed by atoms with Gasteiger partial charge < -0.3 is 5.73 Å². The van der Waals surface area contributed by atoms with Gasteiger partial charge in [0.1, 0.15) is 10.6 Å². The summed E-state index contributed by atoms with van der Waals surface area (Å²) in [6.45, 7) is 0. The highest BCUT2D eigenvalue weighted by molar-refractivity contribution is 8.13. The van der Waals surface area contributed by atoms with Gasteiger partial charge in [-0.15, -0.1) is 0 Å². The molecule has 0 amide bonds. The van der Waals surface area contributed by atoms with Crippen LogP contribution in [0.2, 0.25) is 0 Å². The van der Waals surface area contributed by atoms with Crippen LogP contribution in [0.1, 0.15) is 12.1 Å². The zero-order chi connectivity index (χ0) is 11.8. The van der Waals surface area contributed by atoms with Crippen molar-refractivity contribution in [3.05, 3.63) is 17.6 Å². The van der Waals surface area contributed by atoms with Crippen molar-refractivity contribution in [2.24, 2.45) is 0 Å². The van der Waals surface area contributed by atoms with Crippen LogP contribution in [0.5, 0.6) is 0 Å². The molecule has 9 heteroatoms. The molecule has 0 saturated carbocycles. The number of pyridine rings is 1. The lowest BCUT2D eigenvalue weighted by atomic mass is 10.3. The molecule has 4 nitrogen and oxygen atoms in total. The average Bonchev–Trinajstić information content (AvgIpc) is 2.06. The van der Waals surface area contributed by atoms with Gasteiger partial charge in [0.15, 0.2) is 11.6 Å². The number of aromatic nitrogens is 1. The van der Waals surface area contributed by atoms with E-state index < -0.39 is 37.7 Å². The maximum atomic E-state index is 12.8. The fourth-order valence-corrected chi connectivity index (χ4v) is 1.85. The van der Waals surface area contributed by atoms with Crippen LogP contribution >= 0.6 is 10.7 Å². The lowest BCUT2D eigenvalue weighted by molar-refractivity contribution is 0.142. The lowest BCUT2D eigenvalue weighted by Crippen LogP contribution is -2.06. The van der Waals surface area contributed by atoms with E-state index in [1.54, 1.807) is 0 Å². The number of nitrogens with two attached hydrogens (primary N) is 1. The predicted octanol–water partition coefficient (Wildman–Crippen LogP) is 1.67. The summed E-state index contributed by atoms with van der Waals surface area (Å²) in [5, 5.41) is 0. The summed E-state index contributed by atoms with van der Waals surface area (Å²) >= 11 is 0. The summed E-state index contributed by atoms with van der Waals surface area (Å²) in [6, 6.07) is 0.312. The van der Waals surface area contributed by atoms with Crippen molar-refractivity contribution in [2.45, 2.75) is 11.3 Å². The van der Waals surface area contributed by atoms with Crippen LogP contribution in [0.4, 0.5) is 19.0 Å². The minimum atomic E-state index is -4.48. The molecule has 0 bridgehead atoms. The molecule has 0 aliphatic rings. The molecule has 0 fully saturated rings. The Hall–Kier alpha value is -1.02. The molecule has 84 valence electrons. The van der Waals surface area contributed by atoms with Crippen LogP contribution in [0, 0.1) is 5.82 Å². The van der Waals surface area contributed by atoms with E-state index in [0.717, 1.165) is 0 Å². The van der Waals surface area contributed by atoms with Gasteiger partial charge in [0, 0.05) is 10.7 Å². The minimum absolute atomic E-state index is 0.312. The molecule has 0 spiro atoms. The summed E-state index contributed by atoms with van der Waals surface area (Å²) in [4.78, 5) is 1.85. The van der Waals surface area contributed by atoms with Gasteiger partial charge >= 0.3 is 0 Å². The molecular weight excluding hydrogens is 257 g/mol. The topological polar surface area (TPSA) is 73.0 Å². The molecule has 2 N–H and O–H groups in total. The van der Waals surface area contributed by atoms with Crippen molar-refractivity contribution >= 4 is 25.6 Å². The van der Waals surface area contributed by atoms with Gasteiger partial charge in [-0.25, -0.2) is 26.6 Å². The molecule has 1 heterocycles. The number of alkyl halides is 2. The van der Waals surface area contributed by atoms with Crippen molar-refractivity contribution in [3.8, 4) is 0 Å². The largest absolute Gasteiger partial charge is 0.381 e. The van der Waals surface area contributed by atoms with Crippen LogP contribution in [0.25, 0.3) is 0 Å². The smallest absolute Gasteiger partial charge is 0.281 e. The zero-order valence-corrected chi connectivity index (χ0v) is 8.49. The Kier molecular flexibility index (Phi) is 3.10. The molecule has 0 atom stereocenters. The fourth-order valence-electron chi connectivity index (χ4n) is 0.853. The molecule has 0 unspecified atom stereocenters. The van der Waals surface area contributed by atoms with E-state index in [-0.39, 0.29) is 0 Å². The van der Waals surface area contributed by atoms with Crippen LogP contribution in [0.3, 0.4) is 0 Å². The van der Waals surface area contributed by atoms with E-state index >= 15 is 0 Å². The Balaban J connectivity index is 3.56. The highest BCUT2D eigenvalue weighted by Crippen LogP contribution is 2.29. The second-order valence-electron chi connectivity index (χ2n) is 2.48. The molecule has 15 heavy (non-hydrogen) atoms. The Morgan fingerprint density at radius 1 is 1.47 bits per heavy atom. The second kappa shape index (κ2) is 3.86. The maximum absolute atomic E-state index is 12.8. The maximum Gasteiger partial charge on any atom is 0.281 e. The van der Waals surface area contributed by atoms with E-state index in [0.29, 0.717) is 6.07 Å². The van der Waals surface area contributed by atoms with Crippen molar-refractivity contribution in [1.82, 2.24) is 4.98 Å². The molecule has 1 aromatic rings. The normalized spacial score (nSPS) is 12.1. The molecule has 0 radical (unpaired) electrons. The minimum Gasteiger partial charge on any atom is -0.381 e. The first kappa shape index (κ1) is 12.1. The third kappa shape index (κ3) is 2.51. The summed E-state index contributed by atoms with van der Waals surface area (Å²) in [7, 11) is 0.340. The molecular formula is C6H4ClF3N2O2S. The van der Waals surface area contributed by atoms with Crippen LogP contribution in [-0.2, 0) is 9.05 Å². The van der Waals surface area contributed by atoms with E-state index in [1.807, 2.05) is 0 Å². The Morgan fingerprint density at radius 2 is 2.00 bits per heavy atom. The molecule has 1 rings (SSSR count). The standard InChI is InChI=1S/C6H4ClF3N2O2S/c7-15(13,14)3-1-2(8)6(11)12-4(3)5(9)10/h1,5H,(H2,11,12). The number of anilines is 1. The number of nitrogens with zero attached hydrogens (tertiary/aromatic N) is 1. The Labute approximate surface area is 87.3 Å². The highest BCUT2D eigenvalue weighted by Gasteiger charge is 2.25. The summed E-state index contributed by atoms with van der Waals surface area (Å²) in [6.07, 6.45) is -3.21. The summed E-state index contributed by atoms with van der Waals surface area (Å²) < 4.78 is 59.0. The van der Waals surface area contributed by atoms with E-state index in [4.69, 9.17) is 16.4 Å². The Bertz CT molecular complexity index is 491. The van der Waals surface area contributed by atoms with Gasteiger partial charge in [-0.05, 0) is 6.07 Å². The lowest BCUT2D eigenvalue weighted by Gasteiger charge is -2.06. The number of hydrogen-bond acceptors (Lipinski definition) is 4. The third-order valence-electron chi connectivity index (χ3n) is 1.47. The van der Waals surface area contributed by atoms with Gasteiger partial charge in [0.05, 0.1) is 0 Å². The van der Waals surface area contributed by atoms with Crippen molar-refractivity contribution in [2.75, 3.05) is 5.73 Å². The van der Waals surface area contributed by atoms with Crippen molar-refractivity contribution in [1.29, 1.82) is 0 Å². The molecule has 1 aromatic heterocycles. The van der Waals surface area contributed by atoms with Gasteiger partial charge in [-0.1, -0.05) is 0 Å². The fraction of sp³-hybridized carbons (Fsp3) is 0.167. The predicted molar refractivity (Wildman–Crippen MR) is 46.6 cm³/mol. The molecule has 0 aromatic carbocycles. The van der Waals surface area contributed by atoms with Gasteiger partial charge in [-0.2, -0.15) is 0 Å².